The van der Waals surface area contributed by atoms with Crippen LogP contribution in [0.3, 0.4) is 0 Å². The van der Waals surface area contributed by atoms with Gasteiger partial charge in [0.25, 0.3) is 0 Å². The first-order chi connectivity index (χ1) is 11.5. The standard InChI is InChI=1S/C23H32O/c1-18(2)9-8-10-19(3)13-14-24-23-16-20(4)15-22(17-23)21-11-6-5-7-12-21/h5-7,11-12,15-19H,8-10,13-14H2,1-4H3. The van der Waals surface area contributed by atoms with Crippen LogP contribution in [0.1, 0.15) is 52.0 Å². The molecular weight excluding hydrogens is 292 g/mol. The minimum Gasteiger partial charge on any atom is -0.494 e. The predicted molar refractivity (Wildman–Crippen MR) is 105 cm³/mol. The highest BCUT2D eigenvalue weighted by Gasteiger charge is 2.06. The second-order valence-corrected chi connectivity index (χ2v) is 7.47. The molecule has 0 aliphatic rings. The molecule has 1 atom stereocenters. The minimum absolute atomic E-state index is 0.738. The van der Waals surface area contributed by atoms with Crippen molar-refractivity contribution in [1.29, 1.82) is 0 Å². The van der Waals surface area contributed by atoms with Crippen molar-refractivity contribution >= 4 is 0 Å². The van der Waals surface area contributed by atoms with Crippen molar-refractivity contribution in [3.8, 4) is 16.9 Å². The predicted octanol–water partition coefficient (Wildman–Crippen LogP) is 6.89. The summed E-state index contributed by atoms with van der Waals surface area (Å²) in [5.74, 6) is 2.54. The van der Waals surface area contributed by atoms with Crippen LogP contribution in [0.4, 0.5) is 0 Å². The molecule has 2 aromatic carbocycles. The summed E-state index contributed by atoms with van der Waals surface area (Å²) in [4.78, 5) is 0. The zero-order valence-electron chi connectivity index (χ0n) is 15.7. The zero-order valence-corrected chi connectivity index (χ0v) is 15.7. The lowest BCUT2D eigenvalue weighted by Crippen LogP contribution is -2.05. The van der Waals surface area contributed by atoms with Gasteiger partial charge in [-0.1, -0.05) is 76.4 Å². The van der Waals surface area contributed by atoms with Gasteiger partial charge in [0.1, 0.15) is 5.75 Å². The van der Waals surface area contributed by atoms with Crippen LogP contribution in [0, 0.1) is 18.8 Å². The third kappa shape index (κ3) is 6.39. The van der Waals surface area contributed by atoms with Gasteiger partial charge < -0.3 is 4.74 Å². The largest absolute Gasteiger partial charge is 0.494 e. The number of hydrogen-bond acceptors (Lipinski definition) is 1. The fraction of sp³-hybridized carbons (Fsp3) is 0.478. The Kier molecular flexibility index (Phi) is 7.36. The molecule has 0 spiro atoms. The Morgan fingerprint density at radius 2 is 1.58 bits per heavy atom. The third-order valence-electron chi connectivity index (χ3n) is 4.52. The van der Waals surface area contributed by atoms with Gasteiger partial charge in [0.15, 0.2) is 0 Å². The van der Waals surface area contributed by atoms with E-state index in [0.29, 0.717) is 0 Å². The lowest BCUT2D eigenvalue weighted by Gasteiger charge is -2.14. The Balaban J connectivity index is 1.86. The van der Waals surface area contributed by atoms with E-state index in [2.05, 4.69) is 76.2 Å². The molecule has 0 saturated heterocycles. The van der Waals surface area contributed by atoms with Crippen LogP contribution in [-0.4, -0.2) is 6.61 Å². The molecule has 0 fully saturated rings. The summed E-state index contributed by atoms with van der Waals surface area (Å²) in [7, 11) is 0. The van der Waals surface area contributed by atoms with Crippen LogP contribution >= 0.6 is 0 Å². The molecule has 0 aliphatic carbocycles. The molecule has 0 radical (unpaired) electrons. The molecule has 1 nitrogen and oxygen atoms in total. The van der Waals surface area contributed by atoms with Crippen LogP contribution in [0.5, 0.6) is 5.75 Å². The molecule has 0 saturated carbocycles. The Bertz CT molecular complexity index is 601. The van der Waals surface area contributed by atoms with Crippen molar-refractivity contribution in [2.75, 3.05) is 6.61 Å². The van der Waals surface area contributed by atoms with Gasteiger partial charge in [0.2, 0.25) is 0 Å². The molecule has 0 heterocycles. The highest BCUT2D eigenvalue weighted by Crippen LogP contribution is 2.26. The molecule has 2 aromatic rings. The number of ether oxygens (including phenoxy) is 1. The highest BCUT2D eigenvalue weighted by atomic mass is 16.5. The fourth-order valence-corrected chi connectivity index (χ4v) is 3.03. The summed E-state index contributed by atoms with van der Waals surface area (Å²) in [6.07, 6.45) is 5.11. The van der Waals surface area contributed by atoms with E-state index in [0.717, 1.165) is 30.6 Å². The fourth-order valence-electron chi connectivity index (χ4n) is 3.03. The molecular formula is C23H32O. The van der Waals surface area contributed by atoms with Crippen LogP contribution < -0.4 is 4.74 Å². The molecule has 2 rings (SSSR count). The van der Waals surface area contributed by atoms with Crippen molar-refractivity contribution in [2.45, 2.75) is 53.4 Å². The Morgan fingerprint density at radius 3 is 2.29 bits per heavy atom. The summed E-state index contributed by atoms with van der Waals surface area (Å²) in [5, 5.41) is 0. The topological polar surface area (TPSA) is 9.23 Å². The average Bonchev–Trinajstić information content (AvgIpc) is 2.55. The number of rotatable bonds is 9. The quantitative estimate of drug-likeness (QED) is 0.488. The first kappa shape index (κ1) is 18.6. The molecule has 0 bridgehead atoms. The van der Waals surface area contributed by atoms with Crippen LogP contribution in [0.15, 0.2) is 48.5 Å². The van der Waals surface area contributed by atoms with Crippen LogP contribution in [-0.2, 0) is 0 Å². The van der Waals surface area contributed by atoms with E-state index in [9.17, 15) is 0 Å². The average molecular weight is 325 g/mol. The van der Waals surface area contributed by atoms with Crippen LogP contribution in [0.2, 0.25) is 0 Å². The SMILES string of the molecule is Cc1cc(OCCC(C)CCCC(C)C)cc(-c2ccccc2)c1. The van der Waals surface area contributed by atoms with Gasteiger partial charge in [0.05, 0.1) is 6.61 Å². The van der Waals surface area contributed by atoms with E-state index in [1.165, 1.54) is 36.0 Å². The first-order valence-electron chi connectivity index (χ1n) is 9.34. The maximum Gasteiger partial charge on any atom is 0.120 e. The van der Waals surface area contributed by atoms with Crippen molar-refractivity contribution in [2.24, 2.45) is 11.8 Å². The molecule has 1 unspecified atom stereocenters. The van der Waals surface area contributed by atoms with Gasteiger partial charge in [-0.2, -0.15) is 0 Å². The van der Waals surface area contributed by atoms with Crippen molar-refractivity contribution in [3.05, 3.63) is 54.1 Å². The Hall–Kier alpha value is -1.76. The normalized spacial score (nSPS) is 12.4. The maximum atomic E-state index is 6.05. The lowest BCUT2D eigenvalue weighted by atomic mass is 9.98. The number of benzene rings is 2. The van der Waals surface area contributed by atoms with Crippen molar-refractivity contribution in [1.82, 2.24) is 0 Å². The summed E-state index contributed by atoms with van der Waals surface area (Å²) >= 11 is 0. The monoisotopic (exact) mass is 324 g/mol. The van der Waals surface area contributed by atoms with E-state index in [1.807, 2.05) is 0 Å². The van der Waals surface area contributed by atoms with E-state index < -0.39 is 0 Å². The van der Waals surface area contributed by atoms with Gasteiger partial charge >= 0.3 is 0 Å². The smallest absolute Gasteiger partial charge is 0.120 e. The molecule has 0 aliphatic heterocycles. The Labute approximate surface area is 148 Å². The molecule has 24 heavy (non-hydrogen) atoms. The van der Waals surface area contributed by atoms with Gasteiger partial charge in [0, 0.05) is 0 Å². The second-order valence-electron chi connectivity index (χ2n) is 7.47. The van der Waals surface area contributed by atoms with E-state index >= 15 is 0 Å². The summed E-state index contributed by atoms with van der Waals surface area (Å²) < 4.78 is 6.05. The molecule has 0 amide bonds. The van der Waals surface area contributed by atoms with Crippen molar-refractivity contribution in [3.63, 3.8) is 0 Å². The molecule has 130 valence electrons. The zero-order chi connectivity index (χ0) is 17.4. The summed E-state index contributed by atoms with van der Waals surface area (Å²) in [5.41, 5.74) is 3.72. The van der Waals surface area contributed by atoms with Crippen molar-refractivity contribution < 1.29 is 4.74 Å². The number of hydrogen-bond donors (Lipinski definition) is 0. The van der Waals surface area contributed by atoms with E-state index in [4.69, 9.17) is 4.74 Å². The van der Waals surface area contributed by atoms with E-state index in [1.54, 1.807) is 0 Å². The highest BCUT2D eigenvalue weighted by molar-refractivity contribution is 5.66. The number of aryl methyl sites for hydroxylation is 1. The summed E-state index contributed by atoms with van der Waals surface area (Å²) in [6.45, 7) is 9.88. The first-order valence-corrected chi connectivity index (χ1v) is 9.34. The van der Waals surface area contributed by atoms with Gasteiger partial charge in [-0.3, -0.25) is 0 Å². The van der Waals surface area contributed by atoms with Crippen LogP contribution in [0.25, 0.3) is 11.1 Å². The molecule has 0 N–H and O–H groups in total. The van der Waals surface area contributed by atoms with Gasteiger partial charge in [-0.15, -0.1) is 0 Å². The van der Waals surface area contributed by atoms with Gasteiger partial charge in [-0.05, 0) is 54.0 Å². The maximum absolute atomic E-state index is 6.05. The Morgan fingerprint density at radius 1 is 0.833 bits per heavy atom. The second kappa shape index (κ2) is 9.52. The molecule has 1 heteroatoms. The summed E-state index contributed by atoms with van der Waals surface area (Å²) in [6, 6.07) is 17.0. The minimum atomic E-state index is 0.738. The van der Waals surface area contributed by atoms with Gasteiger partial charge in [-0.25, -0.2) is 0 Å². The van der Waals surface area contributed by atoms with E-state index in [-0.39, 0.29) is 0 Å². The molecule has 0 aromatic heterocycles. The third-order valence-corrected chi connectivity index (χ3v) is 4.52. The lowest BCUT2D eigenvalue weighted by molar-refractivity contribution is 0.275.